The van der Waals surface area contributed by atoms with Gasteiger partial charge in [0, 0.05) is 26.2 Å². The van der Waals surface area contributed by atoms with Gasteiger partial charge in [0.2, 0.25) is 0 Å². The fraction of sp³-hybridized carbons (Fsp3) is 0.875. The van der Waals surface area contributed by atoms with Crippen LogP contribution >= 0.6 is 24.0 Å². The number of guanidine groups is 1. The van der Waals surface area contributed by atoms with Crippen LogP contribution in [0.25, 0.3) is 0 Å². The van der Waals surface area contributed by atoms with Crippen molar-refractivity contribution < 1.29 is 9.53 Å². The number of ether oxygens (including phenoxy) is 1. The first-order valence-corrected chi connectivity index (χ1v) is 8.18. The van der Waals surface area contributed by atoms with Crippen molar-refractivity contribution >= 4 is 36.0 Å². The zero-order valence-electron chi connectivity index (χ0n) is 15.1. The van der Waals surface area contributed by atoms with Crippen molar-refractivity contribution in [3.8, 4) is 0 Å². The van der Waals surface area contributed by atoms with Crippen molar-refractivity contribution in [1.82, 2.24) is 10.2 Å². The smallest absolute Gasteiger partial charge is 0.410 e. The Bertz CT molecular complexity index is 392. The maximum Gasteiger partial charge on any atom is 0.410 e. The van der Waals surface area contributed by atoms with E-state index in [1.54, 1.807) is 11.9 Å². The summed E-state index contributed by atoms with van der Waals surface area (Å²) in [7, 11) is 1.76. The maximum atomic E-state index is 11.9. The van der Waals surface area contributed by atoms with Crippen LogP contribution < -0.4 is 11.1 Å². The second-order valence-electron chi connectivity index (χ2n) is 7.18. The molecule has 0 spiro atoms. The molecule has 1 unspecified atom stereocenters. The zero-order valence-corrected chi connectivity index (χ0v) is 17.4. The minimum atomic E-state index is -0.470. The van der Waals surface area contributed by atoms with Gasteiger partial charge in [-0.25, -0.2) is 4.79 Å². The van der Waals surface area contributed by atoms with Crippen LogP contribution in [0.15, 0.2) is 4.99 Å². The predicted octanol–water partition coefficient (Wildman–Crippen LogP) is 2.95. The number of nitrogens with one attached hydrogen (secondary N) is 1. The van der Waals surface area contributed by atoms with E-state index in [1.165, 1.54) is 19.3 Å². The van der Waals surface area contributed by atoms with Gasteiger partial charge in [-0.1, -0.05) is 6.42 Å². The summed E-state index contributed by atoms with van der Waals surface area (Å²) in [5.74, 6) is 1.22. The molecular formula is C16H33IN4O2. The predicted molar refractivity (Wildman–Crippen MR) is 105 cm³/mol. The van der Waals surface area contributed by atoms with E-state index in [0.717, 1.165) is 18.9 Å². The molecular weight excluding hydrogens is 407 g/mol. The van der Waals surface area contributed by atoms with Gasteiger partial charge < -0.3 is 20.7 Å². The molecule has 0 aromatic heterocycles. The van der Waals surface area contributed by atoms with Gasteiger partial charge in [0.05, 0.1) is 0 Å². The molecule has 1 rings (SSSR count). The summed E-state index contributed by atoms with van der Waals surface area (Å²) in [6, 6.07) is 0.0711. The third-order valence-electron chi connectivity index (χ3n) is 3.96. The molecule has 3 N–H and O–H groups in total. The number of nitrogens with two attached hydrogens (primary N) is 1. The Morgan fingerprint density at radius 3 is 2.52 bits per heavy atom. The number of halogens is 1. The van der Waals surface area contributed by atoms with E-state index in [0.29, 0.717) is 12.5 Å². The summed E-state index contributed by atoms with van der Waals surface area (Å²) in [5, 5.41) is 3.11. The monoisotopic (exact) mass is 440 g/mol. The summed E-state index contributed by atoms with van der Waals surface area (Å²) in [6.45, 7) is 9.10. The third-order valence-corrected chi connectivity index (χ3v) is 3.96. The van der Waals surface area contributed by atoms with E-state index in [4.69, 9.17) is 10.5 Å². The van der Waals surface area contributed by atoms with E-state index in [2.05, 4.69) is 10.3 Å². The molecule has 0 aromatic carbocycles. The molecule has 1 fully saturated rings. The highest BCUT2D eigenvalue weighted by Crippen LogP contribution is 2.26. The van der Waals surface area contributed by atoms with E-state index in [1.807, 2.05) is 27.7 Å². The molecule has 0 aromatic rings. The standard InChI is InChI=1S/C16H32N4O2.HI/c1-12(20(5)15(21)22-16(2,3)4)9-10-18-14(17)19-11-13-7-6-8-13;/h12-13H,6-11H2,1-5H3,(H3,17,18,19);1H. The van der Waals surface area contributed by atoms with Crippen molar-refractivity contribution in [2.75, 3.05) is 20.1 Å². The number of hydrogen-bond acceptors (Lipinski definition) is 3. The number of carbonyl (C=O) groups excluding carboxylic acids is 1. The van der Waals surface area contributed by atoms with Crippen LogP contribution in [0, 0.1) is 5.92 Å². The molecule has 1 aliphatic carbocycles. The Kier molecular flexibility index (Phi) is 9.88. The fourth-order valence-electron chi connectivity index (χ4n) is 2.08. The lowest BCUT2D eigenvalue weighted by Gasteiger charge is -2.28. The van der Waals surface area contributed by atoms with E-state index in [9.17, 15) is 4.79 Å². The van der Waals surface area contributed by atoms with Gasteiger partial charge >= 0.3 is 6.09 Å². The summed E-state index contributed by atoms with van der Waals surface area (Å²) in [5.41, 5.74) is 5.37. The average Bonchev–Trinajstić information content (AvgIpc) is 2.33. The van der Waals surface area contributed by atoms with Gasteiger partial charge in [0.25, 0.3) is 0 Å². The van der Waals surface area contributed by atoms with Gasteiger partial charge in [0.1, 0.15) is 5.60 Å². The van der Waals surface area contributed by atoms with Crippen molar-refractivity contribution in [2.24, 2.45) is 16.6 Å². The Labute approximate surface area is 157 Å². The molecule has 1 aliphatic rings. The van der Waals surface area contributed by atoms with Gasteiger partial charge in [0.15, 0.2) is 5.96 Å². The lowest BCUT2D eigenvalue weighted by atomic mass is 9.86. The highest BCUT2D eigenvalue weighted by Gasteiger charge is 2.22. The summed E-state index contributed by atoms with van der Waals surface area (Å²) in [4.78, 5) is 17.9. The molecule has 1 amide bonds. The van der Waals surface area contributed by atoms with Crippen molar-refractivity contribution in [1.29, 1.82) is 0 Å². The van der Waals surface area contributed by atoms with Crippen molar-refractivity contribution in [2.45, 2.75) is 65.0 Å². The minimum Gasteiger partial charge on any atom is -0.444 e. The SMILES string of the molecule is CC(CCNC(N)=NCC1CCC1)N(C)C(=O)OC(C)(C)C.I. The molecule has 0 aliphatic heterocycles. The quantitative estimate of drug-likeness (QED) is 0.378. The van der Waals surface area contributed by atoms with Crippen LogP contribution in [-0.2, 0) is 4.74 Å². The number of carbonyl (C=O) groups is 1. The second kappa shape index (κ2) is 10.2. The molecule has 23 heavy (non-hydrogen) atoms. The van der Waals surface area contributed by atoms with Gasteiger partial charge in [-0.15, -0.1) is 24.0 Å². The van der Waals surface area contributed by atoms with E-state index >= 15 is 0 Å². The van der Waals surface area contributed by atoms with Crippen molar-refractivity contribution in [3.63, 3.8) is 0 Å². The molecule has 6 nitrogen and oxygen atoms in total. The number of hydrogen-bond donors (Lipinski definition) is 2. The normalized spacial score (nSPS) is 16.8. The Morgan fingerprint density at radius 2 is 2.04 bits per heavy atom. The van der Waals surface area contributed by atoms with Crippen LogP contribution in [0.2, 0.25) is 0 Å². The summed E-state index contributed by atoms with van der Waals surface area (Å²) in [6.07, 6.45) is 4.35. The van der Waals surface area contributed by atoms with Crippen LogP contribution in [0.3, 0.4) is 0 Å². The Morgan fingerprint density at radius 1 is 1.43 bits per heavy atom. The second-order valence-corrected chi connectivity index (χ2v) is 7.18. The van der Waals surface area contributed by atoms with E-state index in [-0.39, 0.29) is 36.1 Å². The van der Waals surface area contributed by atoms with Crippen LogP contribution in [0.1, 0.15) is 53.4 Å². The first kappa shape index (κ1) is 22.3. The Hall–Kier alpha value is -0.730. The van der Waals surface area contributed by atoms with Crippen LogP contribution in [0.5, 0.6) is 0 Å². The lowest BCUT2D eigenvalue weighted by molar-refractivity contribution is 0.0231. The minimum absolute atomic E-state index is 0. The number of aliphatic imine (C=N–C) groups is 1. The van der Waals surface area contributed by atoms with Crippen LogP contribution in [-0.4, -0.2) is 48.7 Å². The molecule has 0 bridgehead atoms. The average molecular weight is 440 g/mol. The highest BCUT2D eigenvalue weighted by molar-refractivity contribution is 14.0. The van der Waals surface area contributed by atoms with Crippen molar-refractivity contribution in [3.05, 3.63) is 0 Å². The zero-order chi connectivity index (χ0) is 16.8. The largest absolute Gasteiger partial charge is 0.444 e. The fourth-order valence-corrected chi connectivity index (χ4v) is 2.08. The summed E-state index contributed by atoms with van der Waals surface area (Å²) >= 11 is 0. The maximum absolute atomic E-state index is 11.9. The van der Waals surface area contributed by atoms with Gasteiger partial charge in [-0.3, -0.25) is 4.99 Å². The molecule has 7 heteroatoms. The van der Waals surface area contributed by atoms with Crippen LogP contribution in [0.4, 0.5) is 4.79 Å². The number of nitrogens with zero attached hydrogens (tertiary/aromatic N) is 2. The first-order chi connectivity index (χ1) is 10.2. The van der Waals surface area contributed by atoms with Gasteiger partial charge in [-0.05, 0) is 52.9 Å². The molecule has 1 saturated carbocycles. The highest BCUT2D eigenvalue weighted by atomic mass is 127. The lowest BCUT2D eigenvalue weighted by Crippen LogP contribution is -2.41. The molecule has 136 valence electrons. The van der Waals surface area contributed by atoms with E-state index < -0.39 is 5.60 Å². The van der Waals surface area contributed by atoms with Gasteiger partial charge in [-0.2, -0.15) is 0 Å². The first-order valence-electron chi connectivity index (χ1n) is 8.18. The topological polar surface area (TPSA) is 80.0 Å². The summed E-state index contributed by atoms with van der Waals surface area (Å²) < 4.78 is 5.35. The molecule has 0 heterocycles. The third kappa shape index (κ3) is 9.22. The molecule has 0 saturated heterocycles. The number of rotatable bonds is 6. The Balaban J connectivity index is 0.00000484. The molecule has 0 radical (unpaired) electrons. The molecule has 1 atom stereocenters. The number of amides is 1.